The summed E-state index contributed by atoms with van der Waals surface area (Å²) in [6.07, 6.45) is 5.71. The Balaban J connectivity index is 2.10. The second-order valence-corrected chi connectivity index (χ2v) is 4.64. The lowest BCUT2D eigenvalue weighted by Crippen LogP contribution is -2.47. The van der Waals surface area contributed by atoms with Crippen LogP contribution in [0.25, 0.3) is 0 Å². The maximum absolute atomic E-state index is 11.0. The van der Waals surface area contributed by atoms with Crippen LogP contribution in [0.5, 0.6) is 0 Å². The molecule has 0 aromatic carbocycles. The Morgan fingerprint density at radius 2 is 2.15 bits per heavy atom. The summed E-state index contributed by atoms with van der Waals surface area (Å²) in [6.45, 7) is 1.81. The average molecular weight is 183 g/mol. The molecule has 1 heterocycles. The summed E-state index contributed by atoms with van der Waals surface area (Å²) in [4.78, 5) is 11.0. The molecule has 2 N–H and O–H groups in total. The van der Waals surface area contributed by atoms with Gasteiger partial charge in [0.05, 0.1) is 0 Å². The third-order valence-corrected chi connectivity index (χ3v) is 3.56. The van der Waals surface area contributed by atoms with Crippen LogP contribution in [0.2, 0.25) is 0 Å². The first-order chi connectivity index (χ1) is 6.12. The number of nitrogens with one attached hydrogen (secondary N) is 1. The fourth-order valence-electron chi connectivity index (χ4n) is 2.78. The highest BCUT2D eigenvalue weighted by molar-refractivity contribution is 5.78. The Kier molecular flexibility index (Phi) is 2.06. The maximum Gasteiger partial charge on any atom is 0.323 e. The highest BCUT2D eigenvalue weighted by Crippen LogP contribution is 2.37. The van der Waals surface area contributed by atoms with Crippen LogP contribution in [0, 0.1) is 5.92 Å². The minimum atomic E-state index is -0.693. The van der Waals surface area contributed by atoms with Crippen LogP contribution in [0.4, 0.5) is 0 Å². The van der Waals surface area contributed by atoms with Gasteiger partial charge in [0.2, 0.25) is 0 Å². The molecule has 0 aromatic rings. The molecular formula is C10H17NO2. The van der Waals surface area contributed by atoms with E-state index in [1.165, 1.54) is 19.3 Å². The minimum absolute atomic E-state index is 0.467. The molecule has 0 radical (unpaired) electrons. The molecule has 2 rings (SSSR count). The molecule has 74 valence electrons. The van der Waals surface area contributed by atoms with E-state index in [0.717, 1.165) is 12.8 Å². The lowest BCUT2D eigenvalue weighted by atomic mass is 9.83. The summed E-state index contributed by atoms with van der Waals surface area (Å²) in [7, 11) is 0. The highest BCUT2D eigenvalue weighted by Gasteiger charge is 2.46. The number of hydrogen-bond acceptors (Lipinski definition) is 2. The number of hydrogen-bond donors (Lipinski definition) is 2. The number of rotatable bonds is 1. The Bertz CT molecular complexity index is 213. The topological polar surface area (TPSA) is 49.3 Å². The van der Waals surface area contributed by atoms with Crippen LogP contribution >= 0.6 is 0 Å². The van der Waals surface area contributed by atoms with Crippen molar-refractivity contribution in [3.05, 3.63) is 0 Å². The normalized spacial score (nSPS) is 44.4. The fourth-order valence-corrected chi connectivity index (χ4v) is 2.78. The van der Waals surface area contributed by atoms with Gasteiger partial charge in [-0.05, 0) is 32.1 Å². The van der Waals surface area contributed by atoms with Gasteiger partial charge in [0.25, 0.3) is 0 Å². The number of carboxylic acid groups (broad SMARTS) is 1. The Labute approximate surface area is 78.5 Å². The molecule has 0 aromatic heterocycles. The van der Waals surface area contributed by atoms with Gasteiger partial charge in [-0.2, -0.15) is 0 Å². The number of fused-ring (bicyclic) bond motifs is 1. The standard InChI is InChI=1S/C10H17NO2/c1-10(9(12)13)6-7-4-2-3-5-8(7)11-10/h7-8,11H,2-6H2,1H3,(H,12,13)/t7-,8-,10+/m0/s1. The van der Waals surface area contributed by atoms with Gasteiger partial charge in [-0.1, -0.05) is 12.8 Å². The first-order valence-corrected chi connectivity index (χ1v) is 5.13. The summed E-state index contributed by atoms with van der Waals surface area (Å²) >= 11 is 0. The van der Waals surface area contributed by atoms with Crippen molar-refractivity contribution < 1.29 is 9.90 Å². The van der Waals surface area contributed by atoms with Crippen LogP contribution < -0.4 is 5.32 Å². The van der Waals surface area contributed by atoms with E-state index in [2.05, 4.69) is 5.32 Å². The lowest BCUT2D eigenvalue weighted by Gasteiger charge is -2.24. The predicted molar refractivity (Wildman–Crippen MR) is 49.5 cm³/mol. The molecular weight excluding hydrogens is 166 g/mol. The molecule has 1 saturated heterocycles. The van der Waals surface area contributed by atoms with Gasteiger partial charge in [-0.15, -0.1) is 0 Å². The molecule has 0 unspecified atom stereocenters. The van der Waals surface area contributed by atoms with E-state index in [9.17, 15) is 4.79 Å². The van der Waals surface area contributed by atoms with E-state index >= 15 is 0 Å². The lowest BCUT2D eigenvalue weighted by molar-refractivity contribution is -0.143. The Morgan fingerprint density at radius 1 is 1.46 bits per heavy atom. The van der Waals surface area contributed by atoms with E-state index in [1.54, 1.807) is 0 Å². The van der Waals surface area contributed by atoms with Crippen molar-refractivity contribution >= 4 is 5.97 Å². The summed E-state index contributed by atoms with van der Waals surface area (Å²) < 4.78 is 0. The van der Waals surface area contributed by atoms with Crippen LogP contribution in [-0.4, -0.2) is 22.7 Å². The Morgan fingerprint density at radius 3 is 2.77 bits per heavy atom. The molecule has 13 heavy (non-hydrogen) atoms. The molecule has 1 saturated carbocycles. The number of carbonyl (C=O) groups is 1. The summed E-state index contributed by atoms with van der Waals surface area (Å²) in [5.41, 5.74) is -0.653. The third-order valence-electron chi connectivity index (χ3n) is 3.56. The fraction of sp³-hybridized carbons (Fsp3) is 0.900. The van der Waals surface area contributed by atoms with Crippen LogP contribution in [0.3, 0.4) is 0 Å². The van der Waals surface area contributed by atoms with E-state index in [4.69, 9.17) is 5.11 Å². The molecule has 1 aliphatic heterocycles. The number of aliphatic carboxylic acids is 1. The average Bonchev–Trinajstić information content (AvgIpc) is 2.42. The Hall–Kier alpha value is -0.570. The first-order valence-electron chi connectivity index (χ1n) is 5.13. The molecule has 2 aliphatic rings. The van der Waals surface area contributed by atoms with Gasteiger partial charge in [-0.25, -0.2) is 0 Å². The summed E-state index contributed by atoms with van der Waals surface area (Å²) in [5, 5.41) is 12.3. The molecule has 0 amide bonds. The molecule has 2 fully saturated rings. The zero-order valence-corrected chi connectivity index (χ0v) is 8.05. The van der Waals surface area contributed by atoms with Gasteiger partial charge in [0.15, 0.2) is 0 Å². The second-order valence-electron chi connectivity index (χ2n) is 4.64. The minimum Gasteiger partial charge on any atom is -0.480 e. The van der Waals surface area contributed by atoms with E-state index in [0.29, 0.717) is 12.0 Å². The van der Waals surface area contributed by atoms with Crippen molar-refractivity contribution in [2.24, 2.45) is 5.92 Å². The zero-order chi connectivity index (χ0) is 9.47. The van der Waals surface area contributed by atoms with Crippen molar-refractivity contribution in [2.75, 3.05) is 0 Å². The molecule has 1 aliphatic carbocycles. The van der Waals surface area contributed by atoms with E-state index in [-0.39, 0.29) is 0 Å². The first kappa shape index (κ1) is 9.00. The zero-order valence-electron chi connectivity index (χ0n) is 8.05. The van der Waals surface area contributed by atoms with Crippen molar-refractivity contribution in [3.63, 3.8) is 0 Å². The van der Waals surface area contributed by atoms with Crippen molar-refractivity contribution in [2.45, 2.75) is 50.6 Å². The quantitative estimate of drug-likeness (QED) is 0.645. The smallest absolute Gasteiger partial charge is 0.323 e. The van der Waals surface area contributed by atoms with Gasteiger partial charge in [0.1, 0.15) is 5.54 Å². The monoisotopic (exact) mass is 183 g/mol. The van der Waals surface area contributed by atoms with Crippen LogP contribution in [0.1, 0.15) is 39.0 Å². The van der Waals surface area contributed by atoms with Crippen molar-refractivity contribution in [3.8, 4) is 0 Å². The van der Waals surface area contributed by atoms with E-state index < -0.39 is 11.5 Å². The summed E-state index contributed by atoms with van der Waals surface area (Å²) in [6, 6.07) is 0.467. The highest BCUT2D eigenvalue weighted by atomic mass is 16.4. The van der Waals surface area contributed by atoms with Gasteiger partial charge in [-0.3, -0.25) is 10.1 Å². The van der Waals surface area contributed by atoms with Crippen molar-refractivity contribution in [1.82, 2.24) is 5.32 Å². The maximum atomic E-state index is 11.0. The van der Waals surface area contributed by atoms with Crippen LogP contribution in [0.15, 0.2) is 0 Å². The van der Waals surface area contributed by atoms with Gasteiger partial charge >= 0.3 is 5.97 Å². The van der Waals surface area contributed by atoms with Gasteiger partial charge < -0.3 is 5.11 Å². The third kappa shape index (κ3) is 1.46. The predicted octanol–water partition coefficient (Wildman–Crippen LogP) is 1.38. The van der Waals surface area contributed by atoms with Crippen LogP contribution in [-0.2, 0) is 4.79 Å². The molecule has 0 bridgehead atoms. The largest absolute Gasteiger partial charge is 0.480 e. The van der Waals surface area contributed by atoms with Gasteiger partial charge in [0, 0.05) is 6.04 Å². The second kappa shape index (κ2) is 2.98. The SMILES string of the molecule is C[C@]1(C(=O)O)C[C@@H]2CCCC[C@@H]2N1. The molecule has 0 spiro atoms. The van der Waals surface area contributed by atoms with Crippen molar-refractivity contribution in [1.29, 1.82) is 0 Å². The molecule has 3 nitrogen and oxygen atoms in total. The summed E-state index contributed by atoms with van der Waals surface area (Å²) in [5.74, 6) is -0.0863. The van der Waals surface area contributed by atoms with E-state index in [1.807, 2.05) is 6.92 Å². The molecule has 3 atom stereocenters. The molecule has 3 heteroatoms. The number of carboxylic acids is 1.